The predicted octanol–water partition coefficient (Wildman–Crippen LogP) is 4.36. The summed E-state index contributed by atoms with van der Waals surface area (Å²) in [6, 6.07) is -1.01. The zero-order valence-corrected chi connectivity index (χ0v) is 26.1. The number of aryl methyl sites for hydroxylation is 1. The Hall–Kier alpha value is -4.08. The van der Waals surface area contributed by atoms with Crippen molar-refractivity contribution in [1.82, 2.24) is 20.6 Å². The number of alkyl carbamates (subject to hydrolysis) is 1. The lowest BCUT2D eigenvalue weighted by atomic mass is 9.63. The molecule has 1 aromatic heterocycles. The first-order valence-electron chi connectivity index (χ1n) is 14.5. The van der Waals surface area contributed by atoms with Gasteiger partial charge in [-0.1, -0.05) is 46.3 Å². The number of hydrogen-bond donors (Lipinski definition) is 4. The van der Waals surface area contributed by atoms with Crippen LogP contribution < -0.4 is 21.5 Å². The summed E-state index contributed by atoms with van der Waals surface area (Å²) in [4.78, 5) is 74.2. The van der Waals surface area contributed by atoms with Gasteiger partial charge in [0.2, 0.25) is 18.1 Å². The number of nitrogens with one attached hydrogen (secondary N) is 4. The van der Waals surface area contributed by atoms with Gasteiger partial charge in [0.15, 0.2) is 0 Å². The quantitative estimate of drug-likeness (QED) is 0.185. The van der Waals surface area contributed by atoms with Crippen molar-refractivity contribution < 1.29 is 23.9 Å². The number of isocyanates is 2. The summed E-state index contributed by atoms with van der Waals surface area (Å²) in [5, 5.41) is 8.06. The van der Waals surface area contributed by atoms with Gasteiger partial charge in [0.05, 0.1) is 23.3 Å². The first-order valence-corrected chi connectivity index (χ1v) is 14.5. The Bertz CT molecular complexity index is 1400. The Kier molecular flexibility index (Phi) is 10.5. The first-order chi connectivity index (χ1) is 20.0. The van der Waals surface area contributed by atoms with Crippen LogP contribution in [0, 0.1) is 23.2 Å². The van der Waals surface area contributed by atoms with E-state index >= 15 is 0 Å². The van der Waals surface area contributed by atoms with Gasteiger partial charge < -0.3 is 15.4 Å². The topological polar surface area (TPSA) is 184 Å². The number of aromatic nitrogens is 2. The fourth-order valence-corrected chi connectivity index (χ4v) is 6.82. The SMILES string of the molecule is Cc1nc(NC(=O)NCC2=CC(N=C=O)CC(C)(C)C2)[nH]c(=O)c1C(C)OC(=O)NCC1(C)CC(N=C=O)CC(C)(C)C1. The summed E-state index contributed by atoms with van der Waals surface area (Å²) < 4.78 is 5.50. The molecule has 13 heteroatoms. The molecule has 1 aromatic rings. The number of carbonyl (C=O) groups excluding carboxylic acids is 4. The molecule has 0 radical (unpaired) electrons. The average Bonchev–Trinajstić information content (AvgIpc) is 2.84. The lowest BCUT2D eigenvalue weighted by Gasteiger charge is -2.45. The van der Waals surface area contributed by atoms with Gasteiger partial charge in [-0.25, -0.2) is 29.2 Å². The Morgan fingerprint density at radius 3 is 2.44 bits per heavy atom. The largest absolute Gasteiger partial charge is 0.441 e. The maximum Gasteiger partial charge on any atom is 0.407 e. The van der Waals surface area contributed by atoms with Gasteiger partial charge in [0.25, 0.3) is 5.56 Å². The molecule has 1 saturated carbocycles. The van der Waals surface area contributed by atoms with E-state index in [0.29, 0.717) is 25.1 Å². The second-order valence-corrected chi connectivity index (χ2v) is 13.7. The number of hydrogen-bond acceptors (Lipinski definition) is 9. The lowest BCUT2D eigenvalue weighted by molar-refractivity contribution is 0.0707. The number of aromatic amines is 1. The summed E-state index contributed by atoms with van der Waals surface area (Å²) in [5.74, 6) is -0.0536. The van der Waals surface area contributed by atoms with E-state index in [9.17, 15) is 24.0 Å². The molecule has 1 heterocycles. The number of urea groups is 1. The molecule has 4 N–H and O–H groups in total. The predicted molar refractivity (Wildman–Crippen MR) is 160 cm³/mol. The van der Waals surface area contributed by atoms with Gasteiger partial charge in [-0.2, -0.15) is 4.99 Å². The van der Waals surface area contributed by atoms with Crippen molar-refractivity contribution in [3.63, 3.8) is 0 Å². The molecule has 0 spiro atoms. The Morgan fingerprint density at radius 2 is 1.79 bits per heavy atom. The van der Waals surface area contributed by atoms with E-state index in [0.717, 1.165) is 24.8 Å². The third kappa shape index (κ3) is 9.73. The van der Waals surface area contributed by atoms with E-state index in [4.69, 9.17) is 4.74 Å². The summed E-state index contributed by atoms with van der Waals surface area (Å²) >= 11 is 0. The summed E-state index contributed by atoms with van der Waals surface area (Å²) in [6.45, 7) is 14.1. The minimum Gasteiger partial charge on any atom is -0.441 e. The minimum absolute atomic E-state index is 0.0536. The van der Waals surface area contributed by atoms with E-state index in [1.807, 2.05) is 13.0 Å². The van der Waals surface area contributed by atoms with Gasteiger partial charge in [-0.15, -0.1) is 0 Å². The van der Waals surface area contributed by atoms with Crippen LogP contribution in [-0.4, -0.2) is 59.4 Å². The molecule has 3 amide bonds. The Balaban J connectivity index is 1.57. The highest BCUT2D eigenvalue weighted by Gasteiger charge is 2.41. The molecule has 2 aliphatic rings. The molecule has 13 nitrogen and oxygen atoms in total. The van der Waals surface area contributed by atoms with Crippen molar-refractivity contribution in [3.8, 4) is 0 Å². The molecular weight excluding hydrogens is 554 g/mol. The number of H-pyrrole nitrogens is 1. The summed E-state index contributed by atoms with van der Waals surface area (Å²) in [5.41, 5.74) is 0.395. The van der Waals surface area contributed by atoms with Gasteiger partial charge in [-0.05, 0) is 62.2 Å². The van der Waals surface area contributed by atoms with Crippen LogP contribution in [-0.2, 0) is 14.3 Å². The Morgan fingerprint density at radius 1 is 1.09 bits per heavy atom. The highest BCUT2D eigenvalue weighted by molar-refractivity contribution is 5.87. The second-order valence-electron chi connectivity index (χ2n) is 13.7. The molecule has 3 rings (SSSR count). The van der Waals surface area contributed by atoms with Crippen molar-refractivity contribution in [2.24, 2.45) is 26.2 Å². The van der Waals surface area contributed by atoms with Crippen LogP contribution in [0.1, 0.15) is 91.0 Å². The molecule has 0 bridgehead atoms. The van der Waals surface area contributed by atoms with Crippen molar-refractivity contribution in [3.05, 3.63) is 33.3 Å². The highest BCUT2D eigenvalue weighted by atomic mass is 16.6. The molecule has 0 aromatic carbocycles. The third-order valence-corrected chi connectivity index (χ3v) is 7.97. The molecule has 4 atom stereocenters. The monoisotopic (exact) mass is 597 g/mol. The smallest absolute Gasteiger partial charge is 0.407 e. The number of amides is 3. The van der Waals surface area contributed by atoms with Crippen LogP contribution >= 0.6 is 0 Å². The number of anilines is 1. The van der Waals surface area contributed by atoms with Gasteiger partial charge in [0.1, 0.15) is 6.10 Å². The standard InChI is InChI=1S/C30H43N7O6/c1-18-23(19(2)43-27(42)32-15-30(7)12-22(34-17-39)11-29(5,6)14-30)24(40)36-25(35-18)37-26(41)31-13-20-8-21(33-16-38)10-28(3,4)9-20/h8,19,21-22H,9-15H2,1-7H3,(H,32,42)(H3,31,35,36,37,40,41). The fraction of sp³-hybridized carbons (Fsp3) is 0.667. The van der Waals surface area contributed by atoms with Crippen molar-refractivity contribution >= 4 is 30.2 Å². The van der Waals surface area contributed by atoms with E-state index in [1.54, 1.807) is 26.0 Å². The fourth-order valence-electron chi connectivity index (χ4n) is 6.82. The van der Waals surface area contributed by atoms with Gasteiger partial charge in [-0.3, -0.25) is 15.1 Å². The van der Waals surface area contributed by atoms with Crippen molar-refractivity contribution in [2.75, 3.05) is 18.4 Å². The van der Waals surface area contributed by atoms with Crippen LogP contribution in [0.25, 0.3) is 0 Å². The zero-order chi connectivity index (χ0) is 32.0. The molecule has 1 fully saturated rings. The van der Waals surface area contributed by atoms with Crippen molar-refractivity contribution in [1.29, 1.82) is 0 Å². The lowest BCUT2D eigenvalue weighted by Crippen LogP contribution is -2.45. The number of carbonyl (C=O) groups is 2. The van der Waals surface area contributed by atoms with E-state index < -0.39 is 23.8 Å². The van der Waals surface area contributed by atoms with E-state index in [-0.39, 0.29) is 46.4 Å². The van der Waals surface area contributed by atoms with Crippen LogP contribution in [0.5, 0.6) is 0 Å². The number of ether oxygens (including phenoxy) is 1. The summed E-state index contributed by atoms with van der Waals surface area (Å²) in [7, 11) is 0. The molecular formula is C30H43N7O6. The van der Waals surface area contributed by atoms with Crippen molar-refractivity contribution in [2.45, 2.75) is 98.8 Å². The highest BCUT2D eigenvalue weighted by Crippen LogP contribution is 2.46. The molecule has 2 aliphatic carbocycles. The Labute approximate surface area is 251 Å². The second kappa shape index (κ2) is 13.5. The molecule has 234 valence electrons. The molecule has 0 aliphatic heterocycles. The van der Waals surface area contributed by atoms with E-state index in [1.165, 1.54) is 0 Å². The zero-order valence-electron chi connectivity index (χ0n) is 26.1. The van der Waals surface area contributed by atoms with Crippen LogP contribution in [0.15, 0.2) is 26.4 Å². The maximum absolute atomic E-state index is 12.9. The van der Waals surface area contributed by atoms with Gasteiger partial charge >= 0.3 is 12.1 Å². The molecule has 43 heavy (non-hydrogen) atoms. The number of aliphatic imine (C=N–C) groups is 2. The van der Waals surface area contributed by atoms with Crippen LogP contribution in [0.2, 0.25) is 0 Å². The van der Waals surface area contributed by atoms with Crippen LogP contribution in [0.4, 0.5) is 15.5 Å². The van der Waals surface area contributed by atoms with E-state index in [2.05, 4.69) is 63.6 Å². The molecule has 0 saturated heterocycles. The average molecular weight is 598 g/mol. The number of rotatable bonds is 9. The van der Waals surface area contributed by atoms with Gasteiger partial charge in [0, 0.05) is 13.1 Å². The normalized spacial score (nSPS) is 24.7. The minimum atomic E-state index is -0.911. The number of nitrogens with zero attached hydrogens (tertiary/aromatic N) is 3. The first kappa shape index (κ1) is 33.4. The van der Waals surface area contributed by atoms with Crippen LogP contribution in [0.3, 0.4) is 0 Å². The maximum atomic E-state index is 12.9. The summed E-state index contributed by atoms with van der Waals surface area (Å²) in [6.07, 6.45) is 7.21. The molecule has 4 unspecified atom stereocenters. The third-order valence-electron chi connectivity index (χ3n) is 7.97.